The Bertz CT molecular complexity index is 929. The molecule has 1 aliphatic heterocycles. The molecule has 5 nitrogen and oxygen atoms in total. The number of fused-ring (bicyclic) bond motifs is 1. The van der Waals surface area contributed by atoms with Gasteiger partial charge in [0.05, 0.1) is 11.0 Å². The standard InChI is InChI=1S/C23H28N4O/c1-15-11-20-21(12-16(15)2)27-23(26-20)19-6-3-17(4-7-19)14-25-22(28)8-5-18-9-10-24-13-18/h3-4,6-7,11-12,18,24H,5,8-10,13-14H2,1-2H3,(H,25,28)(H,26,27). The highest BCUT2D eigenvalue weighted by Gasteiger charge is 2.15. The molecule has 1 unspecified atom stereocenters. The van der Waals surface area contributed by atoms with Crippen LogP contribution in [0.15, 0.2) is 36.4 Å². The summed E-state index contributed by atoms with van der Waals surface area (Å²) in [5.41, 5.74) is 6.72. The fourth-order valence-corrected chi connectivity index (χ4v) is 3.77. The fraction of sp³-hybridized carbons (Fsp3) is 0.391. The number of amides is 1. The highest BCUT2D eigenvalue weighted by molar-refractivity contribution is 5.81. The lowest BCUT2D eigenvalue weighted by atomic mass is 10.0. The minimum atomic E-state index is 0.138. The lowest BCUT2D eigenvalue weighted by molar-refractivity contribution is -0.121. The number of benzene rings is 2. The number of nitrogens with zero attached hydrogens (tertiary/aromatic N) is 1. The Labute approximate surface area is 166 Å². The molecule has 3 aromatic rings. The molecule has 1 saturated heterocycles. The Morgan fingerprint density at radius 2 is 1.96 bits per heavy atom. The number of carbonyl (C=O) groups excluding carboxylic acids is 1. The van der Waals surface area contributed by atoms with Gasteiger partial charge in [-0.05, 0) is 74.5 Å². The van der Waals surface area contributed by atoms with Crippen LogP contribution in [-0.2, 0) is 11.3 Å². The first-order chi connectivity index (χ1) is 13.6. The number of aromatic nitrogens is 2. The van der Waals surface area contributed by atoms with Gasteiger partial charge in [-0.3, -0.25) is 4.79 Å². The maximum Gasteiger partial charge on any atom is 0.220 e. The Balaban J connectivity index is 1.35. The van der Waals surface area contributed by atoms with E-state index >= 15 is 0 Å². The van der Waals surface area contributed by atoms with Crippen molar-refractivity contribution in [1.82, 2.24) is 20.6 Å². The van der Waals surface area contributed by atoms with Crippen LogP contribution >= 0.6 is 0 Å². The summed E-state index contributed by atoms with van der Waals surface area (Å²) in [6, 6.07) is 12.5. The second-order valence-electron chi connectivity index (χ2n) is 7.91. The average Bonchev–Trinajstić information content (AvgIpc) is 3.35. The Morgan fingerprint density at radius 1 is 1.18 bits per heavy atom. The molecule has 2 heterocycles. The van der Waals surface area contributed by atoms with Gasteiger partial charge in [0, 0.05) is 18.5 Å². The smallest absolute Gasteiger partial charge is 0.220 e. The van der Waals surface area contributed by atoms with Crippen LogP contribution in [0.4, 0.5) is 0 Å². The molecule has 0 spiro atoms. The van der Waals surface area contributed by atoms with E-state index in [9.17, 15) is 4.79 Å². The molecule has 2 aromatic carbocycles. The minimum absolute atomic E-state index is 0.138. The van der Waals surface area contributed by atoms with Gasteiger partial charge in [-0.2, -0.15) is 0 Å². The Kier molecular flexibility index (Phi) is 5.44. The molecule has 0 bridgehead atoms. The van der Waals surface area contributed by atoms with Gasteiger partial charge < -0.3 is 15.6 Å². The van der Waals surface area contributed by atoms with E-state index in [1.165, 1.54) is 17.5 Å². The molecule has 3 N–H and O–H groups in total. The number of hydrogen-bond donors (Lipinski definition) is 3. The van der Waals surface area contributed by atoms with E-state index in [2.05, 4.69) is 65.9 Å². The molecule has 0 saturated carbocycles. The number of aryl methyl sites for hydroxylation is 2. The van der Waals surface area contributed by atoms with E-state index in [0.29, 0.717) is 18.9 Å². The maximum atomic E-state index is 12.1. The van der Waals surface area contributed by atoms with Crippen LogP contribution < -0.4 is 10.6 Å². The summed E-state index contributed by atoms with van der Waals surface area (Å²) in [4.78, 5) is 20.2. The van der Waals surface area contributed by atoms with E-state index in [1.54, 1.807) is 0 Å². The van der Waals surface area contributed by atoms with Crippen LogP contribution in [0.3, 0.4) is 0 Å². The summed E-state index contributed by atoms with van der Waals surface area (Å²) >= 11 is 0. The monoisotopic (exact) mass is 376 g/mol. The van der Waals surface area contributed by atoms with E-state index in [0.717, 1.165) is 47.5 Å². The van der Waals surface area contributed by atoms with E-state index in [1.807, 2.05) is 0 Å². The van der Waals surface area contributed by atoms with Crippen molar-refractivity contribution < 1.29 is 4.79 Å². The van der Waals surface area contributed by atoms with Crippen LogP contribution in [0.25, 0.3) is 22.4 Å². The molecule has 1 amide bonds. The van der Waals surface area contributed by atoms with Gasteiger partial charge in [0.25, 0.3) is 0 Å². The van der Waals surface area contributed by atoms with Gasteiger partial charge in [0.1, 0.15) is 5.82 Å². The highest BCUT2D eigenvalue weighted by Crippen LogP contribution is 2.23. The normalized spacial score (nSPS) is 16.6. The van der Waals surface area contributed by atoms with Crippen molar-refractivity contribution in [2.75, 3.05) is 13.1 Å². The number of aromatic amines is 1. The van der Waals surface area contributed by atoms with E-state index in [4.69, 9.17) is 4.98 Å². The number of hydrogen-bond acceptors (Lipinski definition) is 3. The Morgan fingerprint density at radius 3 is 2.71 bits per heavy atom. The SMILES string of the molecule is Cc1cc2nc(-c3ccc(CNC(=O)CCC4CCNC4)cc3)[nH]c2cc1C. The van der Waals surface area contributed by atoms with Crippen molar-refractivity contribution in [3.8, 4) is 11.4 Å². The van der Waals surface area contributed by atoms with E-state index < -0.39 is 0 Å². The first-order valence-electron chi connectivity index (χ1n) is 10.1. The van der Waals surface area contributed by atoms with Gasteiger partial charge >= 0.3 is 0 Å². The fourth-order valence-electron chi connectivity index (χ4n) is 3.77. The van der Waals surface area contributed by atoms with Crippen molar-refractivity contribution in [1.29, 1.82) is 0 Å². The summed E-state index contributed by atoms with van der Waals surface area (Å²) in [5.74, 6) is 1.67. The molecular weight excluding hydrogens is 348 g/mol. The first-order valence-corrected chi connectivity index (χ1v) is 10.1. The summed E-state index contributed by atoms with van der Waals surface area (Å²) < 4.78 is 0. The van der Waals surface area contributed by atoms with Crippen LogP contribution in [0.5, 0.6) is 0 Å². The summed E-state index contributed by atoms with van der Waals surface area (Å²) in [5, 5.41) is 6.38. The topological polar surface area (TPSA) is 69.8 Å². The van der Waals surface area contributed by atoms with E-state index in [-0.39, 0.29) is 5.91 Å². The van der Waals surface area contributed by atoms with Crippen molar-refractivity contribution in [3.63, 3.8) is 0 Å². The number of rotatable bonds is 6. The quantitative estimate of drug-likeness (QED) is 0.612. The molecule has 5 heteroatoms. The zero-order valence-electron chi connectivity index (χ0n) is 16.6. The lowest BCUT2D eigenvalue weighted by Crippen LogP contribution is -2.23. The zero-order valence-corrected chi connectivity index (χ0v) is 16.6. The number of carbonyl (C=O) groups is 1. The predicted octanol–water partition coefficient (Wildman–Crippen LogP) is 3.85. The molecule has 1 fully saturated rings. The predicted molar refractivity (Wildman–Crippen MR) is 113 cm³/mol. The van der Waals surface area contributed by atoms with Crippen molar-refractivity contribution in [3.05, 3.63) is 53.1 Å². The van der Waals surface area contributed by atoms with Crippen LogP contribution in [0.2, 0.25) is 0 Å². The second-order valence-corrected chi connectivity index (χ2v) is 7.91. The Hall–Kier alpha value is -2.66. The molecule has 1 aliphatic rings. The third-order valence-corrected chi connectivity index (χ3v) is 5.76. The molecule has 28 heavy (non-hydrogen) atoms. The second kappa shape index (κ2) is 8.15. The number of H-pyrrole nitrogens is 1. The van der Waals surface area contributed by atoms with Crippen molar-refractivity contribution in [2.24, 2.45) is 5.92 Å². The van der Waals surface area contributed by atoms with Gasteiger partial charge in [-0.15, -0.1) is 0 Å². The van der Waals surface area contributed by atoms with Gasteiger partial charge in [-0.25, -0.2) is 4.98 Å². The molecule has 1 aromatic heterocycles. The average molecular weight is 377 g/mol. The number of imidazole rings is 1. The van der Waals surface area contributed by atoms with Gasteiger partial charge in [0.15, 0.2) is 0 Å². The van der Waals surface area contributed by atoms with Crippen molar-refractivity contribution in [2.45, 2.75) is 39.7 Å². The summed E-state index contributed by atoms with van der Waals surface area (Å²) in [6.45, 7) is 6.93. The summed E-state index contributed by atoms with van der Waals surface area (Å²) in [7, 11) is 0. The number of nitrogens with one attached hydrogen (secondary N) is 3. The minimum Gasteiger partial charge on any atom is -0.352 e. The van der Waals surface area contributed by atoms with Crippen LogP contribution in [-0.4, -0.2) is 29.0 Å². The van der Waals surface area contributed by atoms with Gasteiger partial charge in [-0.1, -0.05) is 24.3 Å². The molecule has 0 aliphatic carbocycles. The summed E-state index contributed by atoms with van der Waals surface area (Å²) in [6.07, 6.45) is 2.78. The molecule has 0 radical (unpaired) electrons. The zero-order chi connectivity index (χ0) is 19.5. The van der Waals surface area contributed by atoms with Crippen molar-refractivity contribution >= 4 is 16.9 Å². The molecule has 4 rings (SSSR count). The maximum absolute atomic E-state index is 12.1. The molecule has 146 valence electrons. The van der Waals surface area contributed by atoms with Crippen LogP contribution in [0.1, 0.15) is 36.0 Å². The third kappa shape index (κ3) is 4.25. The molecular formula is C23H28N4O. The largest absolute Gasteiger partial charge is 0.352 e. The molecule has 1 atom stereocenters. The first kappa shape index (κ1) is 18.7. The lowest BCUT2D eigenvalue weighted by Gasteiger charge is -2.09. The van der Waals surface area contributed by atoms with Gasteiger partial charge in [0.2, 0.25) is 5.91 Å². The van der Waals surface area contributed by atoms with Crippen LogP contribution in [0, 0.1) is 19.8 Å². The third-order valence-electron chi connectivity index (χ3n) is 5.76. The highest BCUT2D eigenvalue weighted by atomic mass is 16.1.